The standard InChI is InChI=1S/C6H12Br2Si/c1-9(2,3)6(8)4-5-7/h4H,5H2,1-3H3/b6-4+. The molecule has 0 aliphatic rings. The van der Waals surface area contributed by atoms with Crippen LogP contribution in [-0.4, -0.2) is 13.4 Å². The lowest BCUT2D eigenvalue weighted by Gasteiger charge is -2.13. The SMILES string of the molecule is C[Si](C)(C)/C(Br)=C/CBr. The molecule has 0 amide bonds. The summed E-state index contributed by atoms with van der Waals surface area (Å²) in [7, 11) is -1.03. The van der Waals surface area contributed by atoms with Crippen molar-refractivity contribution < 1.29 is 0 Å². The highest BCUT2D eigenvalue weighted by Crippen LogP contribution is 2.20. The second-order valence-corrected chi connectivity index (χ2v) is 10.2. The van der Waals surface area contributed by atoms with E-state index in [0.29, 0.717) is 0 Å². The van der Waals surface area contributed by atoms with Gasteiger partial charge >= 0.3 is 0 Å². The van der Waals surface area contributed by atoms with Crippen LogP contribution in [0, 0.1) is 0 Å². The highest BCUT2D eigenvalue weighted by Gasteiger charge is 2.15. The third-order valence-electron chi connectivity index (χ3n) is 0.973. The minimum Gasteiger partial charge on any atom is -0.0883 e. The molecular formula is C6H12Br2Si. The predicted molar refractivity (Wildman–Crippen MR) is 54.2 cm³/mol. The highest BCUT2D eigenvalue weighted by atomic mass is 79.9. The molecule has 0 nitrogen and oxygen atoms in total. The number of halogens is 2. The third kappa shape index (κ3) is 4.34. The van der Waals surface area contributed by atoms with Gasteiger partial charge in [0.15, 0.2) is 0 Å². The Morgan fingerprint density at radius 2 is 1.89 bits per heavy atom. The second kappa shape index (κ2) is 3.94. The molecule has 0 bridgehead atoms. The van der Waals surface area contributed by atoms with Gasteiger partial charge in [-0.3, -0.25) is 0 Å². The molecule has 0 aromatic carbocycles. The maximum absolute atomic E-state index is 3.55. The van der Waals surface area contributed by atoms with Gasteiger partial charge < -0.3 is 0 Å². The minimum atomic E-state index is -1.03. The molecule has 0 rings (SSSR count). The van der Waals surface area contributed by atoms with Crippen LogP contribution in [0.1, 0.15) is 0 Å². The quantitative estimate of drug-likeness (QED) is 0.532. The molecular weight excluding hydrogens is 260 g/mol. The molecule has 0 aliphatic heterocycles. The molecule has 3 heteroatoms. The van der Waals surface area contributed by atoms with Crippen molar-refractivity contribution >= 4 is 39.9 Å². The van der Waals surface area contributed by atoms with E-state index in [1.807, 2.05) is 0 Å². The van der Waals surface area contributed by atoms with Crippen molar-refractivity contribution in [1.29, 1.82) is 0 Å². The van der Waals surface area contributed by atoms with Crippen molar-refractivity contribution in [3.63, 3.8) is 0 Å². The van der Waals surface area contributed by atoms with Gasteiger partial charge in [0, 0.05) is 5.33 Å². The Balaban J connectivity index is 4.03. The van der Waals surface area contributed by atoms with Gasteiger partial charge in [-0.05, 0) is 4.11 Å². The molecule has 0 heterocycles. The molecule has 0 atom stereocenters. The van der Waals surface area contributed by atoms with Crippen molar-refractivity contribution in [3.05, 3.63) is 10.2 Å². The number of alkyl halides is 1. The van der Waals surface area contributed by atoms with Crippen LogP contribution in [0.15, 0.2) is 10.2 Å². The smallest absolute Gasteiger partial charge is 0.0861 e. The predicted octanol–water partition coefficient (Wildman–Crippen LogP) is 3.54. The van der Waals surface area contributed by atoms with Gasteiger partial charge in [0.05, 0.1) is 8.07 Å². The van der Waals surface area contributed by atoms with E-state index >= 15 is 0 Å². The molecule has 9 heavy (non-hydrogen) atoms. The molecule has 0 aromatic heterocycles. The number of hydrogen-bond acceptors (Lipinski definition) is 0. The summed E-state index contributed by atoms with van der Waals surface area (Å²) < 4.78 is 1.40. The van der Waals surface area contributed by atoms with Crippen LogP contribution in [0.4, 0.5) is 0 Å². The molecule has 0 aromatic rings. The van der Waals surface area contributed by atoms with Crippen LogP contribution in [-0.2, 0) is 0 Å². The van der Waals surface area contributed by atoms with Crippen molar-refractivity contribution in [3.8, 4) is 0 Å². The number of rotatable bonds is 2. The first-order valence-electron chi connectivity index (χ1n) is 2.90. The van der Waals surface area contributed by atoms with E-state index in [9.17, 15) is 0 Å². The van der Waals surface area contributed by atoms with Crippen LogP contribution in [0.2, 0.25) is 19.6 Å². The molecule has 0 unspecified atom stereocenters. The maximum atomic E-state index is 3.55. The lowest BCUT2D eigenvalue weighted by atomic mass is 10.8. The van der Waals surface area contributed by atoms with Crippen molar-refractivity contribution in [2.45, 2.75) is 19.6 Å². The van der Waals surface area contributed by atoms with Gasteiger partial charge in [0.25, 0.3) is 0 Å². The van der Waals surface area contributed by atoms with Gasteiger partial charge in [-0.2, -0.15) is 0 Å². The molecule has 0 aliphatic carbocycles. The summed E-state index contributed by atoms with van der Waals surface area (Å²) in [6.45, 7) is 6.95. The van der Waals surface area contributed by atoms with Crippen LogP contribution < -0.4 is 0 Å². The lowest BCUT2D eigenvalue weighted by Crippen LogP contribution is -2.20. The Kier molecular flexibility index (Phi) is 4.34. The Bertz CT molecular complexity index is 113. The topological polar surface area (TPSA) is 0 Å². The van der Waals surface area contributed by atoms with E-state index in [4.69, 9.17) is 0 Å². The Labute approximate surface area is 75.0 Å². The summed E-state index contributed by atoms with van der Waals surface area (Å²) in [5, 5.41) is 0.956. The van der Waals surface area contributed by atoms with E-state index < -0.39 is 8.07 Å². The first-order chi connectivity index (χ1) is 3.98. The second-order valence-electron chi connectivity index (χ2n) is 2.96. The molecule has 0 saturated carbocycles. The monoisotopic (exact) mass is 270 g/mol. The molecule has 0 N–H and O–H groups in total. The zero-order valence-corrected chi connectivity index (χ0v) is 10.2. The van der Waals surface area contributed by atoms with Crippen molar-refractivity contribution in [1.82, 2.24) is 0 Å². The first-order valence-corrected chi connectivity index (χ1v) is 8.32. The van der Waals surface area contributed by atoms with E-state index in [-0.39, 0.29) is 0 Å². The zero-order chi connectivity index (χ0) is 7.49. The molecule has 54 valence electrons. The van der Waals surface area contributed by atoms with Crippen LogP contribution in [0.3, 0.4) is 0 Å². The number of hydrogen-bond donors (Lipinski definition) is 0. The van der Waals surface area contributed by atoms with Gasteiger partial charge in [-0.25, -0.2) is 0 Å². The Hall–Kier alpha value is 0.917. The summed E-state index contributed by atoms with van der Waals surface area (Å²) >= 11 is 6.91. The van der Waals surface area contributed by atoms with Crippen molar-refractivity contribution in [2.24, 2.45) is 0 Å². The van der Waals surface area contributed by atoms with Gasteiger partial charge in [0.1, 0.15) is 0 Å². The lowest BCUT2D eigenvalue weighted by molar-refractivity contribution is 1.70. The number of allylic oxidation sites excluding steroid dienone is 1. The van der Waals surface area contributed by atoms with Gasteiger partial charge in [-0.15, -0.1) is 0 Å². The fraction of sp³-hybridized carbons (Fsp3) is 0.667. The van der Waals surface area contributed by atoms with Crippen LogP contribution in [0.5, 0.6) is 0 Å². The van der Waals surface area contributed by atoms with Gasteiger partial charge in [-0.1, -0.05) is 57.6 Å². The maximum Gasteiger partial charge on any atom is 0.0861 e. The normalized spacial score (nSPS) is 14.1. The molecule has 0 spiro atoms. The first kappa shape index (κ1) is 9.92. The molecule has 0 saturated heterocycles. The summed E-state index contributed by atoms with van der Waals surface area (Å²) in [6.07, 6.45) is 2.19. The van der Waals surface area contributed by atoms with Gasteiger partial charge in [0.2, 0.25) is 0 Å². The van der Waals surface area contributed by atoms with Crippen LogP contribution >= 0.6 is 31.9 Å². The summed E-state index contributed by atoms with van der Waals surface area (Å²) in [5.41, 5.74) is 0. The summed E-state index contributed by atoms with van der Waals surface area (Å²) in [4.78, 5) is 0. The van der Waals surface area contributed by atoms with E-state index in [2.05, 4.69) is 57.6 Å². The average molecular weight is 272 g/mol. The minimum absolute atomic E-state index is 0.956. The highest BCUT2D eigenvalue weighted by molar-refractivity contribution is 9.12. The van der Waals surface area contributed by atoms with Crippen LogP contribution in [0.25, 0.3) is 0 Å². The zero-order valence-electron chi connectivity index (χ0n) is 6.04. The summed E-state index contributed by atoms with van der Waals surface area (Å²) in [5.74, 6) is 0. The Morgan fingerprint density at radius 3 is 2.00 bits per heavy atom. The molecule has 0 fully saturated rings. The van der Waals surface area contributed by atoms with E-state index in [1.54, 1.807) is 0 Å². The largest absolute Gasteiger partial charge is 0.0883 e. The van der Waals surface area contributed by atoms with E-state index in [0.717, 1.165) is 5.33 Å². The fourth-order valence-electron chi connectivity index (χ4n) is 0.374. The Morgan fingerprint density at radius 1 is 1.44 bits per heavy atom. The molecule has 0 radical (unpaired) electrons. The fourth-order valence-corrected chi connectivity index (χ4v) is 2.31. The van der Waals surface area contributed by atoms with Crippen molar-refractivity contribution in [2.75, 3.05) is 5.33 Å². The summed E-state index contributed by atoms with van der Waals surface area (Å²) in [6, 6.07) is 0. The van der Waals surface area contributed by atoms with E-state index in [1.165, 1.54) is 4.11 Å². The third-order valence-corrected chi connectivity index (χ3v) is 6.83. The average Bonchev–Trinajstić information content (AvgIpc) is 1.64.